The predicted molar refractivity (Wildman–Crippen MR) is 105 cm³/mol. The average molecular weight is 398 g/mol. The molecule has 2 amide bonds. The van der Waals surface area contributed by atoms with Crippen LogP contribution in [-0.2, 0) is 6.42 Å². The molecule has 150 valence electrons. The van der Waals surface area contributed by atoms with Gasteiger partial charge in [0.2, 0.25) is 0 Å². The molecule has 0 bridgehead atoms. The van der Waals surface area contributed by atoms with Crippen LogP contribution in [0.15, 0.2) is 48.8 Å². The van der Waals surface area contributed by atoms with E-state index in [1.165, 1.54) is 18.2 Å². The lowest BCUT2D eigenvalue weighted by molar-refractivity contribution is 0.0951. The summed E-state index contributed by atoms with van der Waals surface area (Å²) in [4.78, 5) is 31.8. The van der Waals surface area contributed by atoms with Crippen molar-refractivity contribution in [3.8, 4) is 0 Å². The third-order valence-electron chi connectivity index (χ3n) is 4.37. The average Bonchev–Trinajstić information content (AvgIpc) is 3.22. The van der Waals surface area contributed by atoms with Gasteiger partial charge in [0, 0.05) is 36.6 Å². The van der Waals surface area contributed by atoms with Crippen molar-refractivity contribution in [2.45, 2.75) is 19.8 Å². The van der Waals surface area contributed by atoms with Gasteiger partial charge in [-0.1, -0.05) is 12.1 Å². The Labute approximate surface area is 166 Å². The molecule has 0 saturated heterocycles. The summed E-state index contributed by atoms with van der Waals surface area (Å²) in [5.74, 6) is -2.55. The Kier molecular flexibility index (Phi) is 6.33. The molecule has 0 aliphatic heterocycles. The molecule has 1 aromatic heterocycles. The highest BCUT2D eigenvalue weighted by Gasteiger charge is 2.16. The van der Waals surface area contributed by atoms with Gasteiger partial charge in [-0.15, -0.1) is 0 Å². The normalized spacial score (nSPS) is 10.6. The van der Waals surface area contributed by atoms with E-state index in [-0.39, 0.29) is 5.91 Å². The molecule has 3 N–H and O–H groups in total. The van der Waals surface area contributed by atoms with Gasteiger partial charge >= 0.3 is 0 Å². The fourth-order valence-corrected chi connectivity index (χ4v) is 2.76. The Bertz CT molecular complexity index is 1020. The van der Waals surface area contributed by atoms with E-state index in [2.05, 4.69) is 20.6 Å². The van der Waals surface area contributed by atoms with Crippen molar-refractivity contribution in [2.24, 2.45) is 0 Å². The number of nitrogens with zero attached hydrogens (tertiary/aromatic N) is 1. The number of carbonyl (C=O) groups is 2. The highest BCUT2D eigenvalue weighted by molar-refractivity contribution is 6.05. The number of carbonyl (C=O) groups excluding carboxylic acids is 2. The fraction of sp³-hybridized carbons (Fsp3) is 0.190. The zero-order valence-corrected chi connectivity index (χ0v) is 15.8. The summed E-state index contributed by atoms with van der Waals surface area (Å²) in [6, 6.07) is 8.21. The Morgan fingerprint density at radius 3 is 2.72 bits per heavy atom. The first kappa shape index (κ1) is 20.2. The highest BCUT2D eigenvalue weighted by Crippen LogP contribution is 2.19. The number of benzene rings is 2. The van der Waals surface area contributed by atoms with Crippen molar-refractivity contribution in [3.05, 3.63) is 82.9 Å². The van der Waals surface area contributed by atoms with Crippen molar-refractivity contribution in [1.82, 2.24) is 15.3 Å². The minimum atomic E-state index is -1.21. The molecule has 0 unspecified atom stereocenters. The maximum atomic E-state index is 13.8. The Morgan fingerprint density at radius 1 is 1.14 bits per heavy atom. The van der Waals surface area contributed by atoms with Gasteiger partial charge in [0.1, 0.15) is 5.82 Å². The molecule has 8 heteroatoms. The van der Waals surface area contributed by atoms with E-state index < -0.39 is 23.1 Å². The third kappa shape index (κ3) is 5.04. The maximum Gasteiger partial charge on any atom is 0.258 e. The zero-order valence-electron chi connectivity index (χ0n) is 15.8. The Morgan fingerprint density at radius 2 is 1.97 bits per heavy atom. The number of hydrogen-bond donors (Lipinski definition) is 3. The number of amides is 2. The van der Waals surface area contributed by atoms with Gasteiger partial charge in [-0.2, -0.15) is 0 Å². The van der Waals surface area contributed by atoms with Gasteiger partial charge in [0.15, 0.2) is 11.6 Å². The first-order chi connectivity index (χ1) is 14.0. The van der Waals surface area contributed by atoms with E-state index in [0.717, 1.165) is 11.9 Å². The summed E-state index contributed by atoms with van der Waals surface area (Å²) in [6.45, 7) is 2.20. The van der Waals surface area contributed by atoms with Crippen LogP contribution in [0.2, 0.25) is 0 Å². The van der Waals surface area contributed by atoms with Crippen LogP contribution < -0.4 is 10.6 Å². The van der Waals surface area contributed by atoms with Crippen molar-refractivity contribution in [3.63, 3.8) is 0 Å². The lowest BCUT2D eigenvalue weighted by atomic mass is 10.1. The molecular weight excluding hydrogens is 378 g/mol. The molecule has 3 rings (SSSR count). The Balaban J connectivity index is 1.63. The van der Waals surface area contributed by atoms with E-state index in [9.17, 15) is 18.4 Å². The molecule has 0 aliphatic carbocycles. The number of aromatic nitrogens is 2. The second-order valence-corrected chi connectivity index (χ2v) is 6.48. The van der Waals surface area contributed by atoms with Crippen LogP contribution in [0.3, 0.4) is 0 Å². The standard InChI is InChI=1S/C21H20F2N4O2/c1-13-7-8-14(20(28)26-9-3-6-18-24-10-11-25-18)12-17(13)27-21(29)15-4-2-5-16(22)19(15)23/h2,4-5,7-8,10-12H,3,6,9H2,1H3,(H,24,25)(H,26,28)(H,27,29). The van der Waals surface area contributed by atoms with Crippen LogP contribution in [0.5, 0.6) is 0 Å². The third-order valence-corrected chi connectivity index (χ3v) is 4.37. The van der Waals surface area contributed by atoms with Gasteiger partial charge in [0.05, 0.1) is 5.56 Å². The summed E-state index contributed by atoms with van der Waals surface area (Å²) in [7, 11) is 0. The molecule has 2 aromatic carbocycles. The minimum absolute atomic E-state index is 0.295. The summed E-state index contributed by atoms with van der Waals surface area (Å²) in [5.41, 5.74) is 0.979. The number of hydrogen-bond acceptors (Lipinski definition) is 3. The molecule has 29 heavy (non-hydrogen) atoms. The fourth-order valence-electron chi connectivity index (χ4n) is 2.76. The number of imidazole rings is 1. The maximum absolute atomic E-state index is 13.8. The number of halogens is 2. The number of aromatic amines is 1. The van der Waals surface area contributed by atoms with Gasteiger partial charge in [0.25, 0.3) is 11.8 Å². The van der Waals surface area contributed by atoms with Gasteiger partial charge in [-0.05, 0) is 43.2 Å². The first-order valence-electron chi connectivity index (χ1n) is 9.08. The lowest BCUT2D eigenvalue weighted by Gasteiger charge is -2.11. The van der Waals surface area contributed by atoms with Crippen LogP contribution in [-0.4, -0.2) is 28.3 Å². The summed E-state index contributed by atoms with van der Waals surface area (Å²) < 4.78 is 27.2. The van der Waals surface area contributed by atoms with Crippen LogP contribution in [0.4, 0.5) is 14.5 Å². The minimum Gasteiger partial charge on any atom is -0.352 e. The molecule has 1 heterocycles. The molecule has 0 saturated carbocycles. The molecule has 6 nitrogen and oxygen atoms in total. The van der Waals surface area contributed by atoms with Crippen LogP contribution in [0.25, 0.3) is 0 Å². The molecule has 0 radical (unpaired) electrons. The molecular formula is C21H20F2N4O2. The van der Waals surface area contributed by atoms with Crippen molar-refractivity contribution < 1.29 is 18.4 Å². The lowest BCUT2D eigenvalue weighted by Crippen LogP contribution is -2.25. The summed E-state index contributed by atoms with van der Waals surface area (Å²) >= 11 is 0. The quantitative estimate of drug-likeness (QED) is 0.532. The summed E-state index contributed by atoms with van der Waals surface area (Å²) in [5, 5.41) is 5.34. The van der Waals surface area contributed by atoms with Gasteiger partial charge in [-0.25, -0.2) is 13.8 Å². The molecule has 3 aromatic rings. The van der Waals surface area contributed by atoms with E-state index in [0.29, 0.717) is 36.2 Å². The Hall–Kier alpha value is -3.55. The zero-order chi connectivity index (χ0) is 20.8. The topological polar surface area (TPSA) is 86.9 Å². The second-order valence-electron chi connectivity index (χ2n) is 6.48. The molecule has 0 fully saturated rings. The van der Waals surface area contributed by atoms with Crippen LogP contribution >= 0.6 is 0 Å². The van der Waals surface area contributed by atoms with Crippen molar-refractivity contribution in [1.29, 1.82) is 0 Å². The highest BCUT2D eigenvalue weighted by atomic mass is 19.2. The number of nitrogens with one attached hydrogen (secondary N) is 3. The SMILES string of the molecule is Cc1ccc(C(=O)NCCCc2ncc[nH]2)cc1NC(=O)c1cccc(F)c1F. The van der Waals surface area contributed by atoms with Gasteiger partial charge < -0.3 is 15.6 Å². The second kappa shape index (κ2) is 9.09. The summed E-state index contributed by atoms with van der Waals surface area (Å²) in [6.07, 6.45) is 4.84. The van der Waals surface area contributed by atoms with Crippen molar-refractivity contribution >= 4 is 17.5 Å². The van der Waals surface area contributed by atoms with E-state index in [1.807, 2.05) is 0 Å². The predicted octanol–water partition coefficient (Wildman–Crippen LogP) is 3.61. The van der Waals surface area contributed by atoms with Gasteiger partial charge in [-0.3, -0.25) is 9.59 Å². The number of H-pyrrole nitrogens is 1. The van der Waals surface area contributed by atoms with Crippen LogP contribution in [0.1, 0.15) is 38.5 Å². The number of rotatable bonds is 7. The van der Waals surface area contributed by atoms with Crippen LogP contribution in [0, 0.1) is 18.6 Å². The largest absolute Gasteiger partial charge is 0.352 e. The smallest absolute Gasteiger partial charge is 0.258 e. The van der Waals surface area contributed by atoms with E-state index >= 15 is 0 Å². The number of anilines is 1. The molecule has 0 spiro atoms. The monoisotopic (exact) mass is 398 g/mol. The number of aryl methyl sites for hydroxylation is 2. The first-order valence-corrected chi connectivity index (χ1v) is 9.08. The van der Waals surface area contributed by atoms with E-state index in [4.69, 9.17) is 0 Å². The van der Waals surface area contributed by atoms with E-state index in [1.54, 1.807) is 31.5 Å². The molecule has 0 aliphatic rings. The van der Waals surface area contributed by atoms with Crippen molar-refractivity contribution in [2.75, 3.05) is 11.9 Å². The molecule has 0 atom stereocenters.